The van der Waals surface area contributed by atoms with Gasteiger partial charge in [-0.25, -0.2) is 0 Å². The van der Waals surface area contributed by atoms with E-state index in [1.165, 1.54) is 32.7 Å². The van der Waals surface area contributed by atoms with Crippen LogP contribution in [0.5, 0.6) is 0 Å². The average molecular weight is 589 g/mol. The second kappa shape index (κ2) is 11.4. The van der Waals surface area contributed by atoms with E-state index in [1.54, 1.807) is 0 Å². The molecule has 8 aromatic rings. The molecule has 0 atom stereocenters. The maximum absolute atomic E-state index is 6.87. The number of nitrogens with two attached hydrogens (primary N) is 2. The Labute approximate surface area is 269 Å². The molecule has 8 rings (SSSR count). The molecule has 4 N–H and O–H groups in total. The van der Waals surface area contributed by atoms with Gasteiger partial charge in [0.25, 0.3) is 0 Å². The summed E-state index contributed by atoms with van der Waals surface area (Å²) in [6.07, 6.45) is 0. The Bertz CT molecular complexity index is 2360. The Morgan fingerprint density at radius 2 is 0.783 bits per heavy atom. The van der Waals surface area contributed by atoms with E-state index in [1.807, 2.05) is 12.1 Å². The number of benzene rings is 8. The summed E-state index contributed by atoms with van der Waals surface area (Å²) < 4.78 is 0. The van der Waals surface area contributed by atoms with Crippen molar-refractivity contribution in [3.63, 3.8) is 0 Å². The lowest BCUT2D eigenvalue weighted by molar-refractivity contribution is 1.54. The van der Waals surface area contributed by atoms with E-state index >= 15 is 0 Å². The predicted octanol–water partition coefficient (Wildman–Crippen LogP) is 11.5. The molecule has 0 bridgehead atoms. The Morgan fingerprint density at radius 1 is 0.304 bits per heavy atom. The molecule has 0 aromatic heterocycles. The van der Waals surface area contributed by atoms with Crippen LogP contribution in [0, 0.1) is 0 Å². The summed E-state index contributed by atoms with van der Waals surface area (Å²) in [5.74, 6) is 0. The van der Waals surface area contributed by atoms with Gasteiger partial charge in [0, 0.05) is 5.56 Å². The van der Waals surface area contributed by atoms with Gasteiger partial charge in [-0.1, -0.05) is 158 Å². The van der Waals surface area contributed by atoms with Crippen LogP contribution in [0.3, 0.4) is 0 Å². The van der Waals surface area contributed by atoms with Crippen LogP contribution < -0.4 is 11.5 Å². The van der Waals surface area contributed by atoms with Crippen molar-refractivity contribution in [1.29, 1.82) is 0 Å². The predicted molar refractivity (Wildman–Crippen MR) is 197 cm³/mol. The van der Waals surface area contributed by atoms with Gasteiger partial charge in [-0.2, -0.15) is 0 Å². The number of hydrogen-bond donors (Lipinski definition) is 2. The van der Waals surface area contributed by atoms with Gasteiger partial charge in [0.2, 0.25) is 0 Å². The highest BCUT2D eigenvalue weighted by Gasteiger charge is 2.26. The van der Waals surface area contributed by atoms with Crippen LogP contribution >= 0.6 is 0 Å². The zero-order chi connectivity index (χ0) is 31.0. The van der Waals surface area contributed by atoms with Crippen molar-refractivity contribution in [2.75, 3.05) is 11.5 Å². The zero-order valence-corrected chi connectivity index (χ0v) is 25.3. The third-order valence-electron chi connectivity index (χ3n) is 9.02. The molecule has 0 amide bonds. The minimum Gasteiger partial charge on any atom is -0.397 e. The number of anilines is 2. The fourth-order valence-corrected chi connectivity index (χ4v) is 6.90. The van der Waals surface area contributed by atoms with Crippen molar-refractivity contribution in [2.24, 2.45) is 0 Å². The van der Waals surface area contributed by atoms with E-state index in [4.69, 9.17) is 11.5 Å². The summed E-state index contributed by atoms with van der Waals surface area (Å²) in [6, 6.07) is 60.2. The van der Waals surface area contributed by atoms with Gasteiger partial charge in [0.05, 0.1) is 11.4 Å². The Hall–Kier alpha value is -6.12. The summed E-state index contributed by atoms with van der Waals surface area (Å²) >= 11 is 0. The van der Waals surface area contributed by atoms with E-state index in [9.17, 15) is 0 Å². The largest absolute Gasteiger partial charge is 0.397 e. The summed E-state index contributed by atoms with van der Waals surface area (Å²) in [7, 11) is 0. The van der Waals surface area contributed by atoms with Crippen LogP contribution in [-0.4, -0.2) is 0 Å². The maximum Gasteiger partial charge on any atom is 0.0627 e. The molecule has 2 heteroatoms. The molecule has 0 aliphatic rings. The van der Waals surface area contributed by atoms with Crippen LogP contribution in [0.2, 0.25) is 0 Å². The number of fused-ring (bicyclic) bond motifs is 2. The van der Waals surface area contributed by atoms with E-state index in [0.717, 1.165) is 44.5 Å². The molecule has 0 saturated carbocycles. The molecule has 0 spiro atoms. The highest BCUT2D eigenvalue weighted by molar-refractivity contribution is 6.16. The molecule has 2 nitrogen and oxygen atoms in total. The highest BCUT2D eigenvalue weighted by atomic mass is 14.7. The van der Waals surface area contributed by atoms with E-state index in [-0.39, 0.29) is 0 Å². The van der Waals surface area contributed by atoms with Crippen LogP contribution in [0.1, 0.15) is 0 Å². The van der Waals surface area contributed by atoms with Crippen molar-refractivity contribution in [2.45, 2.75) is 0 Å². The minimum absolute atomic E-state index is 0.571. The monoisotopic (exact) mass is 588 g/mol. The third kappa shape index (κ3) is 4.60. The highest BCUT2D eigenvalue weighted by Crippen LogP contribution is 2.53. The topological polar surface area (TPSA) is 52.0 Å². The van der Waals surface area contributed by atoms with Crippen molar-refractivity contribution < 1.29 is 0 Å². The number of para-hydroxylation sites is 1. The van der Waals surface area contributed by atoms with Gasteiger partial charge in [-0.3, -0.25) is 0 Å². The van der Waals surface area contributed by atoms with Gasteiger partial charge in [-0.05, 0) is 83.7 Å². The van der Waals surface area contributed by atoms with Gasteiger partial charge in [-0.15, -0.1) is 0 Å². The maximum atomic E-state index is 6.87. The van der Waals surface area contributed by atoms with Crippen molar-refractivity contribution in [3.05, 3.63) is 170 Å². The van der Waals surface area contributed by atoms with Crippen LogP contribution in [0.4, 0.5) is 11.4 Å². The lowest BCUT2D eigenvalue weighted by atomic mass is 9.77. The lowest BCUT2D eigenvalue weighted by Crippen LogP contribution is -2.02. The molecule has 0 unspecified atom stereocenters. The lowest BCUT2D eigenvalue weighted by Gasteiger charge is -2.26. The second-order valence-electron chi connectivity index (χ2n) is 11.7. The molecule has 0 saturated heterocycles. The SMILES string of the molecule is Nc1cccc(-c2cc(-c3ccccc3)c(-c3ccccc3)c(-c3cccc4ccccc34)c2-c2cccc3ccccc23)c1N. The van der Waals surface area contributed by atoms with Gasteiger partial charge < -0.3 is 11.5 Å². The zero-order valence-electron chi connectivity index (χ0n) is 25.3. The van der Waals surface area contributed by atoms with Crippen LogP contribution in [0.15, 0.2) is 170 Å². The van der Waals surface area contributed by atoms with Crippen molar-refractivity contribution in [1.82, 2.24) is 0 Å². The first-order valence-electron chi connectivity index (χ1n) is 15.6. The smallest absolute Gasteiger partial charge is 0.0627 e. The fourth-order valence-electron chi connectivity index (χ4n) is 6.90. The summed E-state index contributed by atoms with van der Waals surface area (Å²) in [4.78, 5) is 0. The number of hydrogen-bond acceptors (Lipinski definition) is 2. The molecule has 8 aromatic carbocycles. The molecule has 0 heterocycles. The van der Waals surface area contributed by atoms with Gasteiger partial charge in [0.1, 0.15) is 0 Å². The van der Waals surface area contributed by atoms with E-state index in [0.29, 0.717) is 11.4 Å². The summed E-state index contributed by atoms with van der Waals surface area (Å²) in [5, 5.41) is 4.75. The minimum atomic E-state index is 0.571. The molecular weight excluding hydrogens is 556 g/mol. The summed E-state index contributed by atoms with van der Waals surface area (Å²) in [6.45, 7) is 0. The van der Waals surface area contributed by atoms with Crippen molar-refractivity contribution >= 4 is 32.9 Å². The van der Waals surface area contributed by atoms with E-state index in [2.05, 4.69) is 158 Å². The Kier molecular flexibility index (Phi) is 6.81. The molecule has 0 aliphatic carbocycles. The average Bonchev–Trinajstić information content (AvgIpc) is 3.12. The fraction of sp³-hybridized carbons (Fsp3) is 0. The molecule has 46 heavy (non-hydrogen) atoms. The van der Waals surface area contributed by atoms with Crippen LogP contribution in [-0.2, 0) is 0 Å². The van der Waals surface area contributed by atoms with Crippen molar-refractivity contribution in [3.8, 4) is 55.6 Å². The Balaban J connectivity index is 1.68. The molecule has 0 radical (unpaired) electrons. The molecular formula is C44H32N2. The summed E-state index contributed by atoms with van der Waals surface area (Å²) in [5.41, 5.74) is 25.7. The third-order valence-corrected chi connectivity index (χ3v) is 9.02. The number of nitrogen functional groups attached to an aromatic ring is 2. The number of rotatable bonds is 5. The molecule has 218 valence electrons. The van der Waals surface area contributed by atoms with Gasteiger partial charge >= 0.3 is 0 Å². The van der Waals surface area contributed by atoms with Crippen LogP contribution in [0.25, 0.3) is 77.2 Å². The first-order valence-corrected chi connectivity index (χ1v) is 15.6. The Morgan fingerprint density at radius 3 is 1.41 bits per heavy atom. The second-order valence-corrected chi connectivity index (χ2v) is 11.7. The quantitative estimate of drug-likeness (QED) is 0.197. The molecule has 0 fully saturated rings. The first kappa shape index (κ1) is 27.4. The molecule has 0 aliphatic heterocycles. The van der Waals surface area contributed by atoms with Gasteiger partial charge in [0.15, 0.2) is 0 Å². The normalized spacial score (nSPS) is 11.2. The first-order chi connectivity index (χ1) is 22.7. The van der Waals surface area contributed by atoms with E-state index < -0.39 is 0 Å². The standard InChI is InChI=1S/C44H32N2/c45-40-27-13-26-37(44(40)46)39-28-38(31-14-3-1-4-15-31)41(32-18-5-2-6-19-32)43(36-25-12-21-30-17-8-10-23-34(30)36)42(39)35-24-11-20-29-16-7-9-22-33(29)35/h1-28H,45-46H2.